The number of benzene rings is 2. The number of aliphatic hydroxyl groups is 1. The van der Waals surface area contributed by atoms with Crippen molar-refractivity contribution in [2.75, 3.05) is 0 Å². The third-order valence-corrected chi connectivity index (χ3v) is 3.36. The van der Waals surface area contributed by atoms with Gasteiger partial charge in [0.05, 0.1) is 0 Å². The maximum Gasteiger partial charge on any atom is 0.104 e. The minimum absolute atomic E-state index is 0.480. The van der Waals surface area contributed by atoms with Crippen LogP contribution in [-0.2, 0) is 0 Å². The average molecular weight is 240 g/mol. The molecule has 1 unspecified atom stereocenters. The van der Waals surface area contributed by atoms with Crippen LogP contribution >= 0.6 is 0 Å². The lowest BCUT2D eigenvalue weighted by molar-refractivity contribution is 0.220. The summed E-state index contributed by atoms with van der Waals surface area (Å²) in [5, 5.41) is 10.4. The van der Waals surface area contributed by atoms with E-state index in [1.54, 1.807) is 0 Å². The van der Waals surface area contributed by atoms with Crippen molar-refractivity contribution in [1.29, 1.82) is 0 Å². The zero-order valence-electron chi connectivity index (χ0n) is 11.2. The van der Waals surface area contributed by atoms with Crippen molar-refractivity contribution in [3.8, 4) is 0 Å². The molecule has 0 bridgehead atoms. The second-order valence-electron chi connectivity index (χ2n) is 5.08. The molecular formula is C17H20O. The lowest BCUT2D eigenvalue weighted by Gasteiger charge is -2.16. The SMILES string of the molecule is Cc1ccc(C(O)c2ccccc2)cc1C(C)C. The van der Waals surface area contributed by atoms with E-state index in [4.69, 9.17) is 0 Å². The molecule has 1 N–H and O–H groups in total. The Kier molecular flexibility index (Phi) is 3.83. The molecule has 2 rings (SSSR count). The lowest BCUT2D eigenvalue weighted by atomic mass is 9.92. The molecule has 2 aromatic carbocycles. The van der Waals surface area contributed by atoms with E-state index < -0.39 is 6.10 Å². The fourth-order valence-electron chi connectivity index (χ4n) is 2.28. The van der Waals surface area contributed by atoms with E-state index in [-0.39, 0.29) is 0 Å². The van der Waals surface area contributed by atoms with Gasteiger partial charge in [0.15, 0.2) is 0 Å². The van der Waals surface area contributed by atoms with Gasteiger partial charge < -0.3 is 5.11 Å². The number of hydrogen-bond donors (Lipinski definition) is 1. The highest BCUT2D eigenvalue weighted by Gasteiger charge is 2.12. The van der Waals surface area contributed by atoms with Crippen LogP contribution in [0.3, 0.4) is 0 Å². The summed E-state index contributed by atoms with van der Waals surface area (Å²) >= 11 is 0. The Hall–Kier alpha value is -1.60. The highest BCUT2D eigenvalue weighted by Crippen LogP contribution is 2.27. The Morgan fingerprint density at radius 3 is 2.17 bits per heavy atom. The van der Waals surface area contributed by atoms with Crippen LogP contribution in [0.2, 0.25) is 0 Å². The standard InChI is InChI=1S/C17H20O/c1-12(2)16-11-15(10-9-13(16)3)17(18)14-7-5-4-6-8-14/h4-12,17-18H,1-3H3. The third-order valence-electron chi connectivity index (χ3n) is 3.36. The van der Waals surface area contributed by atoms with Gasteiger partial charge in [-0.05, 0) is 35.1 Å². The molecule has 0 radical (unpaired) electrons. The van der Waals surface area contributed by atoms with Gasteiger partial charge in [-0.15, -0.1) is 0 Å². The van der Waals surface area contributed by atoms with Gasteiger partial charge in [-0.2, -0.15) is 0 Å². The van der Waals surface area contributed by atoms with Gasteiger partial charge in [-0.3, -0.25) is 0 Å². The number of hydrogen-bond acceptors (Lipinski definition) is 1. The predicted octanol–water partition coefficient (Wildman–Crippen LogP) is 4.20. The Balaban J connectivity index is 2.37. The molecule has 0 amide bonds. The van der Waals surface area contributed by atoms with Crippen molar-refractivity contribution in [2.24, 2.45) is 0 Å². The van der Waals surface area contributed by atoms with E-state index >= 15 is 0 Å². The molecule has 2 aromatic rings. The molecule has 0 aromatic heterocycles. The van der Waals surface area contributed by atoms with E-state index in [1.165, 1.54) is 11.1 Å². The van der Waals surface area contributed by atoms with Crippen molar-refractivity contribution in [3.63, 3.8) is 0 Å². The molecule has 1 atom stereocenters. The monoisotopic (exact) mass is 240 g/mol. The van der Waals surface area contributed by atoms with Crippen molar-refractivity contribution >= 4 is 0 Å². The Bertz CT molecular complexity index is 514. The predicted molar refractivity (Wildman–Crippen MR) is 75.8 cm³/mol. The van der Waals surface area contributed by atoms with Gasteiger partial charge in [0.1, 0.15) is 6.10 Å². The molecule has 94 valence electrons. The highest BCUT2D eigenvalue weighted by atomic mass is 16.3. The molecule has 1 heteroatoms. The molecule has 18 heavy (non-hydrogen) atoms. The first-order valence-electron chi connectivity index (χ1n) is 6.43. The summed E-state index contributed by atoms with van der Waals surface area (Å²) in [7, 11) is 0. The van der Waals surface area contributed by atoms with Gasteiger partial charge in [-0.25, -0.2) is 0 Å². The van der Waals surface area contributed by atoms with Crippen LogP contribution < -0.4 is 0 Å². The molecule has 0 spiro atoms. The smallest absolute Gasteiger partial charge is 0.104 e. The summed E-state index contributed by atoms with van der Waals surface area (Å²) in [6.45, 7) is 6.48. The Morgan fingerprint density at radius 2 is 1.56 bits per heavy atom. The second-order valence-corrected chi connectivity index (χ2v) is 5.08. The molecule has 0 fully saturated rings. The lowest BCUT2D eigenvalue weighted by Crippen LogP contribution is -2.02. The van der Waals surface area contributed by atoms with E-state index in [9.17, 15) is 5.11 Å². The first-order chi connectivity index (χ1) is 8.59. The fourth-order valence-corrected chi connectivity index (χ4v) is 2.28. The zero-order chi connectivity index (χ0) is 13.1. The van der Waals surface area contributed by atoms with Gasteiger partial charge in [0.25, 0.3) is 0 Å². The summed E-state index contributed by atoms with van der Waals surface area (Å²) in [4.78, 5) is 0. The van der Waals surface area contributed by atoms with Crippen LogP contribution in [0.1, 0.15) is 48.1 Å². The van der Waals surface area contributed by atoms with E-state index in [2.05, 4.69) is 32.9 Å². The highest BCUT2D eigenvalue weighted by molar-refractivity contribution is 5.37. The summed E-state index contributed by atoms with van der Waals surface area (Å²) < 4.78 is 0. The summed E-state index contributed by atoms with van der Waals surface area (Å²) in [6, 6.07) is 16.0. The summed E-state index contributed by atoms with van der Waals surface area (Å²) in [5.41, 5.74) is 4.50. The molecule has 0 aliphatic carbocycles. The Labute approximate surface area is 109 Å². The molecule has 0 saturated carbocycles. The fraction of sp³-hybridized carbons (Fsp3) is 0.294. The second kappa shape index (κ2) is 5.36. The number of aliphatic hydroxyl groups excluding tert-OH is 1. The van der Waals surface area contributed by atoms with E-state index in [0.29, 0.717) is 5.92 Å². The molecule has 0 heterocycles. The van der Waals surface area contributed by atoms with Crippen LogP contribution in [0, 0.1) is 6.92 Å². The minimum atomic E-state index is -0.538. The van der Waals surface area contributed by atoms with Crippen LogP contribution in [0.25, 0.3) is 0 Å². The zero-order valence-corrected chi connectivity index (χ0v) is 11.2. The first-order valence-corrected chi connectivity index (χ1v) is 6.43. The van der Waals surface area contributed by atoms with E-state index in [1.807, 2.05) is 36.4 Å². The first kappa shape index (κ1) is 12.8. The summed E-state index contributed by atoms with van der Waals surface area (Å²) in [5.74, 6) is 0.480. The van der Waals surface area contributed by atoms with Crippen LogP contribution in [0.5, 0.6) is 0 Å². The summed E-state index contributed by atoms with van der Waals surface area (Å²) in [6.07, 6.45) is -0.538. The minimum Gasteiger partial charge on any atom is -0.384 e. The average Bonchev–Trinajstić information content (AvgIpc) is 2.39. The van der Waals surface area contributed by atoms with Gasteiger partial charge in [0, 0.05) is 0 Å². The van der Waals surface area contributed by atoms with Crippen molar-refractivity contribution < 1.29 is 5.11 Å². The molecular weight excluding hydrogens is 220 g/mol. The third kappa shape index (κ3) is 2.62. The molecule has 0 aliphatic rings. The van der Waals surface area contributed by atoms with Crippen LogP contribution in [0.4, 0.5) is 0 Å². The van der Waals surface area contributed by atoms with Crippen LogP contribution in [0.15, 0.2) is 48.5 Å². The quantitative estimate of drug-likeness (QED) is 0.852. The van der Waals surface area contributed by atoms with Crippen LogP contribution in [-0.4, -0.2) is 5.11 Å². The number of aryl methyl sites for hydroxylation is 1. The number of rotatable bonds is 3. The van der Waals surface area contributed by atoms with Gasteiger partial charge in [-0.1, -0.05) is 62.4 Å². The van der Waals surface area contributed by atoms with Crippen molar-refractivity contribution in [2.45, 2.75) is 32.8 Å². The molecule has 1 nitrogen and oxygen atoms in total. The Morgan fingerprint density at radius 1 is 0.889 bits per heavy atom. The van der Waals surface area contributed by atoms with Crippen molar-refractivity contribution in [3.05, 3.63) is 70.8 Å². The molecule has 0 saturated heterocycles. The normalized spacial score (nSPS) is 12.7. The maximum absolute atomic E-state index is 10.4. The van der Waals surface area contributed by atoms with Gasteiger partial charge in [0.2, 0.25) is 0 Å². The largest absolute Gasteiger partial charge is 0.384 e. The maximum atomic E-state index is 10.4. The topological polar surface area (TPSA) is 20.2 Å². The molecule has 0 aliphatic heterocycles. The van der Waals surface area contributed by atoms with E-state index in [0.717, 1.165) is 11.1 Å². The van der Waals surface area contributed by atoms with Crippen molar-refractivity contribution in [1.82, 2.24) is 0 Å². The van der Waals surface area contributed by atoms with Gasteiger partial charge >= 0.3 is 0 Å².